The van der Waals surface area contributed by atoms with Crippen molar-refractivity contribution in [1.29, 1.82) is 0 Å². The normalized spacial score (nSPS) is 22.8. The molecule has 4 heteroatoms. The Labute approximate surface area is 117 Å². The molecule has 0 aliphatic carbocycles. The largest absolute Gasteiger partial charge is 0.352 e. The molecule has 1 fully saturated rings. The van der Waals surface area contributed by atoms with Crippen LogP contribution >= 0.6 is 0 Å². The van der Waals surface area contributed by atoms with E-state index in [2.05, 4.69) is 24.5 Å². The summed E-state index contributed by atoms with van der Waals surface area (Å²) in [5.41, 5.74) is 5.71. The van der Waals surface area contributed by atoms with E-state index in [-0.39, 0.29) is 11.9 Å². The highest BCUT2D eigenvalue weighted by Gasteiger charge is 2.22. The Balaban J connectivity index is 2.27. The molecule has 1 aliphatic rings. The number of rotatable bonds is 8. The monoisotopic (exact) mass is 269 g/mol. The molecule has 0 radical (unpaired) electrons. The first-order chi connectivity index (χ1) is 9.17. The van der Waals surface area contributed by atoms with Gasteiger partial charge < -0.3 is 16.4 Å². The van der Waals surface area contributed by atoms with Gasteiger partial charge >= 0.3 is 0 Å². The van der Waals surface area contributed by atoms with Crippen LogP contribution in [0.15, 0.2) is 0 Å². The molecule has 1 amide bonds. The van der Waals surface area contributed by atoms with Gasteiger partial charge in [-0.15, -0.1) is 0 Å². The number of unbranched alkanes of at least 4 members (excludes halogenated alkanes) is 1. The molecule has 19 heavy (non-hydrogen) atoms. The van der Waals surface area contributed by atoms with E-state index in [0.717, 1.165) is 32.4 Å². The standard InChI is InChI=1S/C15H31N3O/c1-3-4-7-14(10-16)18-15(19)9-12(2)13-6-5-8-17-11-13/h12-14,17H,3-11,16H2,1-2H3,(H,18,19). The third-order valence-electron chi connectivity index (χ3n) is 4.20. The number of carbonyl (C=O) groups is 1. The van der Waals surface area contributed by atoms with Gasteiger partial charge in [-0.25, -0.2) is 0 Å². The van der Waals surface area contributed by atoms with Gasteiger partial charge in [0.2, 0.25) is 5.91 Å². The van der Waals surface area contributed by atoms with E-state index in [9.17, 15) is 4.79 Å². The van der Waals surface area contributed by atoms with Crippen molar-refractivity contribution in [3.8, 4) is 0 Å². The van der Waals surface area contributed by atoms with Crippen molar-refractivity contribution in [2.24, 2.45) is 17.6 Å². The van der Waals surface area contributed by atoms with Crippen molar-refractivity contribution in [2.75, 3.05) is 19.6 Å². The zero-order valence-electron chi connectivity index (χ0n) is 12.6. The Morgan fingerprint density at radius 3 is 2.89 bits per heavy atom. The SMILES string of the molecule is CCCCC(CN)NC(=O)CC(C)C1CCCNC1. The molecule has 0 saturated carbocycles. The van der Waals surface area contributed by atoms with Gasteiger partial charge in [0.05, 0.1) is 0 Å². The zero-order chi connectivity index (χ0) is 14.1. The maximum absolute atomic E-state index is 12.0. The van der Waals surface area contributed by atoms with Crippen molar-refractivity contribution in [1.82, 2.24) is 10.6 Å². The van der Waals surface area contributed by atoms with Crippen LogP contribution in [0.3, 0.4) is 0 Å². The summed E-state index contributed by atoms with van der Waals surface area (Å²) >= 11 is 0. The molecule has 112 valence electrons. The third-order valence-corrected chi connectivity index (χ3v) is 4.20. The maximum atomic E-state index is 12.0. The van der Waals surface area contributed by atoms with Crippen LogP contribution in [0.4, 0.5) is 0 Å². The van der Waals surface area contributed by atoms with E-state index in [1.165, 1.54) is 12.8 Å². The molecule has 1 heterocycles. The summed E-state index contributed by atoms with van der Waals surface area (Å²) in [5.74, 6) is 1.27. The van der Waals surface area contributed by atoms with Gasteiger partial charge in [-0.3, -0.25) is 4.79 Å². The van der Waals surface area contributed by atoms with Crippen molar-refractivity contribution in [3.05, 3.63) is 0 Å². The molecule has 0 bridgehead atoms. The van der Waals surface area contributed by atoms with E-state index in [1.54, 1.807) is 0 Å². The van der Waals surface area contributed by atoms with Crippen LogP contribution in [0.2, 0.25) is 0 Å². The van der Waals surface area contributed by atoms with Crippen LogP contribution in [0, 0.1) is 11.8 Å². The highest BCUT2D eigenvalue weighted by atomic mass is 16.1. The van der Waals surface area contributed by atoms with Gasteiger partial charge in [-0.1, -0.05) is 26.7 Å². The van der Waals surface area contributed by atoms with Gasteiger partial charge in [0, 0.05) is 19.0 Å². The topological polar surface area (TPSA) is 67.1 Å². The van der Waals surface area contributed by atoms with E-state index in [0.29, 0.717) is 24.8 Å². The smallest absolute Gasteiger partial charge is 0.220 e. The van der Waals surface area contributed by atoms with Crippen LogP contribution in [-0.4, -0.2) is 31.6 Å². The molecule has 1 rings (SSSR count). The lowest BCUT2D eigenvalue weighted by Gasteiger charge is -2.28. The van der Waals surface area contributed by atoms with Gasteiger partial charge in [-0.05, 0) is 44.2 Å². The molecule has 4 nitrogen and oxygen atoms in total. The lowest BCUT2D eigenvalue weighted by Crippen LogP contribution is -2.42. The fraction of sp³-hybridized carbons (Fsp3) is 0.933. The van der Waals surface area contributed by atoms with Crippen LogP contribution in [0.5, 0.6) is 0 Å². The summed E-state index contributed by atoms with van der Waals surface area (Å²) in [4.78, 5) is 12.0. The van der Waals surface area contributed by atoms with E-state index < -0.39 is 0 Å². The first-order valence-corrected chi connectivity index (χ1v) is 7.87. The average Bonchev–Trinajstić information content (AvgIpc) is 2.44. The van der Waals surface area contributed by atoms with E-state index >= 15 is 0 Å². The van der Waals surface area contributed by atoms with E-state index in [4.69, 9.17) is 5.73 Å². The summed E-state index contributed by atoms with van der Waals surface area (Å²) in [7, 11) is 0. The predicted octanol–water partition coefficient (Wildman–Crippen LogP) is 1.65. The Hall–Kier alpha value is -0.610. The molecule has 3 atom stereocenters. The van der Waals surface area contributed by atoms with Crippen LogP contribution in [-0.2, 0) is 4.79 Å². The Bertz CT molecular complexity index is 252. The lowest BCUT2D eigenvalue weighted by atomic mass is 9.85. The number of hydrogen-bond donors (Lipinski definition) is 3. The highest BCUT2D eigenvalue weighted by Crippen LogP contribution is 2.22. The molecular formula is C15H31N3O. The minimum atomic E-state index is 0.157. The summed E-state index contributed by atoms with van der Waals surface area (Å²) in [5, 5.41) is 6.50. The minimum absolute atomic E-state index is 0.157. The van der Waals surface area contributed by atoms with Gasteiger partial charge in [0.25, 0.3) is 0 Å². The number of hydrogen-bond acceptors (Lipinski definition) is 3. The Morgan fingerprint density at radius 1 is 1.53 bits per heavy atom. The molecule has 1 aliphatic heterocycles. The van der Waals surface area contributed by atoms with Crippen molar-refractivity contribution in [2.45, 2.75) is 58.4 Å². The zero-order valence-corrected chi connectivity index (χ0v) is 12.6. The molecule has 4 N–H and O–H groups in total. The quantitative estimate of drug-likeness (QED) is 0.627. The molecule has 0 spiro atoms. The fourth-order valence-electron chi connectivity index (χ4n) is 2.81. The summed E-state index contributed by atoms with van der Waals surface area (Å²) < 4.78 is 0. The van der Waals surface area contributed by atoms with Crippen molar-refractivity contribution < 1.29 is 4.79 Å². The first-order valence-electron chi connectivity index (χ1n) is 7.87. The number of amides is 1. The van der Waals surface area contributed by atoms with Crippen molar-refractivity contribution in [3.63, 3.8) is 0 Å². The highest BCUT2D eigenvalue weighted by molar-refractivity contribution is 5.76. The second-order valence-corrected chi connectivity index (χ2v) is 5.93. The molecule has 0 aromatic carbocycles. The molecular weight excluding hydrogens is 238 g/mol. The first kappa shape index (κ1) is 16.4. The van der Waals surface area contributed by atoms with Crippen molar-refractivity contribution >= 4 is 5.91 Å². The second kappa shape index (κ2) is 9.32. The summed E-state index contributed by atoms with van der Waals surface area (Å²) in [6.07, 6.45) is 6.39. The van der Waals surface area contributed by atoms with E-state index in [1.807, 2.05) is 0 Å². The lowest BCUT2D eigenvalue weighted by molar-refractivity contribution is -0.123. The molecule has 0 aromatic rings. The molecule has 0 aromatic heterocycles. The molecule has 1 saturated heterocycles. The second-order valence-electron chi connectivity index (χ2n) is 5.93. The summed E-state index contributed by atoms with van der Waals surface area (Å²) in [6, 6.07) is 0.157. The van der Waals surface area contributed by atoms with Gasteiger partial charge in [0.1, 0.15) is 0 Å². The van der Waals surface area contributed by atoms with Crippen LogP contribution in [0.1, 0.15) is 52.4 Å². The number of piperidine rings is 1. The average molecular weight is 269 g/mol. The number of nitrogens with one attached hydrogen (secondary N) is 2. The Morgan fingerprint density at radius 2 is 2.32 bits per heavy atom. The van der Waals surface area contributed by atoms with Crippen LogP contribution < -0.4 is 16.4 Å². The number of carbonyl (C=O) groups excluding carboxylic acids is 1. The minimum Gasteiger partial charge on any atom is -0.352 e. The third kappa shape index (κ3) is 6.39. The number of nitrogens with two attached hydrogens (primary N) is 1. The predicted molar refractivity (Wildman–Crippen MR) is 79.9 cm³/mol. The van der Waals surface area contributed by atoms with Crippen LogP contribution in [0.25, 0.3) is 0 Å². The van der Waals surface area contributed by atoms with Gasteiger partial charge in [0.15, 0.2) is 0 Å². The maximum Gasteiger partial charge on any atom is 0.220 e. The summed E-state index contributed by atoms with van der Waals surface area (Å²) in [6.45, 7) is 7.09. The van der Waals surface area contributed by atoms with Gasteiger partial charge in [-0.2, -0.15) is 0 Å². The fourth-order valence-corrected chi connectivity index (χ4v) is 2.81. The molecule has 3 unspecified atom stereocenters. The Kier molecular flexibility index (Phi) is 8.07.